The summed E-state index contributed by atoms with van der Waals surface area (Å²) in [5.41, 5.74) is 2.93. The smallest absolute Gasteiger partial charge is 0.332 e. The number of ether oxygens (including phenoxy) is 1. The van der Waals surface area contributed by atoms with Crippen LogP contribution in [-0.4, -0.2) is 54.8 Å². The molecule has 2 rings (SSSR count). The highest BCUT2D eigenvalue weighted by atomic mass is 16.5. The Kier molecular flexibility index (Phi) is 3.43. The van der Waals surface area contributed by atoms with Gasteiger partial charge >= 0.3 is 6.03 Å². The third kappa shape index (κ3) is 2.60. The average Bonchev–Trinajstić information content (AvgIpc) is 2.66. The fourth-order valence-electron chi connectivity index (χ4n) is 2.11. The van der Waals surface area contributed by atoms with Gasteiger partial charge in [0.2, 0.25) is 0 Å². The van der Waals surface area contributed by atoms with Crippen molar-refractivity contribution in [2.24, 2.45) is 0 Å². The monoisotopic (exact) mass is 213 g/mol. The van der Waals surface area contributed by atoms with Gasteiger partial charge in [-0.05, 0) is 19.8 Å². The molecule has 0 aliphatic carbocycles. The number of urea groups is 1. The van der Waals surface area contributed by atoms with Gasteiger partial charge in [-0.1, -0.05) is 0 Å². The second-order valence-electron chi connectivity index (χ2n) is 4.20. The highest BCUT2D eigenvalue weighted by Gasteiger charge is 2.26. The predicted octanol–water partition coefficient (Wildman–Crippen LogP) is 0.428. The minimum atomic E-state index is 0.0434. The molecule has 2 aliphatic rings. The molecule has 0 unspecified atom stereocenters. The van der Waals surface area contributed by atoms with Crippen molar-refractivity contribution >= 4 is 6.03 Å². The van der Waals surface area contributed by atoms with Crippen LogP contribution in [0.2, 0.25) is 0 Å². The summed E-state index contributed by atoms with van der Waals surface area (Å²) in [6.45, 7) is 5.97. The first-order valence-electron chi connectivity index (χ1n) is 5.67. The number of hydrogen-bond acceptors (Lipinski definition) is 3. The summed E-state index contributed by atoms with van der Waals surface area (Å²) in [4.78, 5) is 13.8. The zero-order chi connectivity index (χ0) is 10.7. The molecule has 0 aromatic carbocycles. The molecular formula is C10H19N3O2. The second kappa shape index (κ2) is 4.81. The van der Waals surface area contributed by atoms with E-state index in [4.69, 9.17) is 4.74 Å². The van der Waals surface area contributed by atoms with Gasteiger partial charge in [0.05, 0.1) is 13.2 Å². The fraction of sp³-hybridized carbons (Fsp3) is 0.900. The van der Waals surface area contributed by atoms with Crippen molar-refractivity contribution in [1.82, 2.24) is 15.3 Å². The first kappa shape index (κ1) is 10.7. The van der Waals surface area contributed by atoms with E-state index in [2.05, 4.69) is 12.3 Å². The molecule has 0 radical (unpaired) electrons. The molecule has 2 heterocycles. The molecule has 2 saturated heterocycles. The minimum absolute atomic E-state index is 0.0434. The highest BCUT2D eigenvalue weighted by Crippen LogP contribution is 2.16. The number of hydrazine groups is 1. The van der Waals surface area contributed by atoms with Crippen molar-refractivity contribution in [2.75, 3.05) is 32.8 Å². The topological polar surface area (TPSA) is 44.8 Å². The molecule has 15 heavy (non-hydrogen) atoms. The van der Waals surface area contributed by atoms with E-state index in [1.807, 2.05) is 9.91 Å². The van der Waals surface area contributed by atoms with Crippen LogP contribution in [0, 0.1) is 0 Å². The maximum atomic E-state index is 11.9. The van der Waals surface area contributed by atoms with E-state index < -0.39 is 0 Å². The lowest BCUT2D eigenvalue weighted by Crippen LogP contribution is -2.53. The van der Waals surface area contributed by atoms with E-state index in [0.29, 0.717) is 19.3 Å². The molecule has 1 atom stereocenters. The molecule has 0 aromatic rings. The molecule has 2 fully saturated rings. The number of nitrogens with one attached hydrogen (secondary N) is 1. The van der Waals surface area contributed by atoms with Gasteiger partial charge in [-0.2, -0.15) is 0 Å². The Morgan fingerprint density at radius 3 is 2.67 bits per heavy atom. The lowest BCUT2D eigenvalue weighted by atomic mass is 10.2. The van der Waals surface area contributed by atoms with Crippen LogP contribution in [0.1, 0.15) is 19.8 Å². The largest absolute Gasteiger partial charge is 0.379 e. The molecule has 1 N–H and O–H groups in total. The summed E-state index contributed by atoms with van der Waals surface area (Å²) in [5, 5.41) is 1.94. The Morgan fingerprint density at radius 2 is 2.07 bits per heavy atom. The summed E-state index contributed by atoms with van der Waals surface area (Å²) in [7, 11) is 0. The SMILES string of the molecule is C[C@@H]1CCCN1C(=O)NN1CCOCC1. The summed E-state index contributed by atoms with van der Waals surface area (Å²) in [5.74, 6) is 0. The first-order chi connectivity index (χ1) is 7.27. The number of carbonyl (C=O) groups excluding carboxylic acids is 1. The molecule has 2 aliphatic heterocycles. The fourth-order valence-corrected chi connectivity index (χ4v) is 2.11. The van der Waals surface area contributed by atoms with E-state index in [1.54, 1.807) is 0 Å². The van der Waals surface area contributed by atoms with Crippen LogP contribution in [0.4, 0.5) is 4.79 Å². The van der Waals surface area contributed by atoms with Crippen molar-refractivity contribution in [1.29, 1.82) is 0 Å². The summed E-state index contributed by atoms with van der Waals surface area (Å²) in [6.07, 6.45) is 2.24. The van der Waals surface area contributed by atoms with Gasteiger partial charge in [0.25, 0.3) is 0 Å². The Labute approximate surface area is 90.3 Å². The molecule has 0 aromatic heterocycles. The van der Waals surface area contributed by atoms with Crippen molar-refractivity contribution in [2.45, 2.75) is 25.8 Å². The van der Waals surface area contributed by atoms with E-state index >= 15 is 0 Å². The van der Waals surface area contributed by atoms with Crippen LogP contribution in [0.15, 0.2) is 0 Å². The summed E-state index contributed by atoms with van der Waals surface area (Å²) < 4.78 is 5.22. The van der Waals surface area contributed by atoms with E-state index in [-0.39, 0.29) is 6.03 Å². The third-order valence-corrected chi connectivity index (χ3v) is 3.08. The zero-order valence-corrected chi connectivity index (χ0v) is 9.24. The molecule has 2 amide bonds. The lowest BCUT2D eigenvalue weighted by Gasteiger charge is -2.30. The molecule has 0 saturated carbocycles. The van der Waals surface area contributed by atoms with Crippen LogP contribution < -0.4 is 5.43 Å². The van der Waals surface area contributed by atoms with E-state index in [1.165, 1.54) is 0 Å². The van der Waals surface area contributed by atoms with Crippen LogP contribution >= 0.6 is 0 Å². The zero-order valence-electron chi connectivity index (χ0n) is 9.24. The van der Waals surface area contributed by atoms with Crippen LogP contribution in [-0.2, 0) is 4.74 Å². The number of carbonyl (C=O) groups is 1. The number of rotatable bonds is 1. The second-order valence-corrected chi connectivity index (χ2v) is 4.20. The third-order valence-electron chi connectivity index (χ3n) is 3.08. The van der Waals surface area contributed by atoms with Crippen molar-refractivity contribution in [3.05, 3.63) is 0 Å². The molecular weight excluding hydrogens is 194 g/mol. The summed E-state index contributed by atoms with van der Waals surface area (Å²) >= 11 is 0. The average molecular weight is 213 g/mol. The molecule has 0 spiro atoms. The number of amides is 2. The van der Waals surface area contributed by atoms with Crippen LogP contribution in [0.25, 0.3) is 0 Å². The quantitative estimate of drug-likeness (QED) is 0.687. The Bertz CT molecular complexity index is 229. The van der Waals surface area contributed by atoms with Gasteiger partial charge in [-0.25, -0.2) is 9.80 Å². The Hall–Kier alpha value is -0.810. The number of likely N-dealkylation sites (tertiary alicyclic amines) is 1. The van der Waals surface area contributed by atoms with Crippen molar-refractivity contribution in [3.63, 3.8) is 0 Å². The maximum absolute atomic E-state index is 11.9. The van der Waals surface area contributed by atoms with Crippen molar-refractivity contribution in [3.8, 4) is 0 Å². The first-order valence-corrected chi connectivity index (χ1v) is 5.67. The molecule has 86 valence electrons. The van der Waals surface area contributed by atoms with Crippen LogP contribution in [0.3, 0.4) is 0 Å². The Balaban J connectivity index is 1.80. The van der Waals surface area contributed by atoms with Gasteiger partial charge in [-0.15, -0.1) is 0 Å². The number of morpholine rings is 1. The van der Waals surface area contributed by atoms with Gasteiger partial charge < -0.3 is 9.64 Å². The predicted molar refractivity (Wildman–Crippen MR) is 56.3 cm³/mol. The van der Waals surface area contributed by atoms with E-state index in [9.17, 15) is 4.79 Å². The normalized spacial score (nSPS) is 28.1. The van der Waals surface area contributed by atoms with Crippen molar-refractivity contribution < 1.29 is 9.53 Å². The minimum Gasteiger partial charge on any atom is -0.379 e. The maximum Gasteiger partial charge on any atom is 0.332 e. The van der Waals surface area contributed by atoms with Gasteiger partial charge in [0.15, 0.2) is 0 Å². The molecule has 0 bridgehead atoms. The highest BCUT2D eigenvalue weighted by molar-refractivity contribution is 5.74. The number of nitrogens with zero attached hydrogens (tertiary/aromatic N) is 2. The van der Waals surface area contributed by atoms with E-state index in [0.717, 1.165) is 32.5 Å². The molecule has 5 heteroatoms. The van der Waals surface area contributed by atoms with Gasteiger partial charge in [0, 0.05) is 25.7 Å². The standard InChI is InChI=1S/C10H19N3O2/c1-9-3-2-4-13(9)10(14)11-12-5-7-15-8-6-12/h9H,2-8H2,1H3,(H,11,14)/t9-/m1/s1. The lowest BCUT2D eigenvalue weighted by molar-refractivity contribution is 0.0158. The Morgan fingerprint density at radius 1 is 1.33 bits per heavy atom. The molecule has 5 nitrogen and oxygen atoms in total. The summed E-state index contributed by atoms with van der Waals surface area (Å²) in [6, 6.07) is 0.424. The number of hydrogen-bond donors (Lipinski definition) is 1. The van der Waals surface area contributed by atoms with Gasteiger partial charge in [-0.3, -0.25) is 5.43 Å². The van der Waals surface area contributed by atoms with Crippen LogP contribution in [0.5, 0.6) is 0 Å². The van der Waals surface area contributed by atoms with Gasteiger partial charge in [0.1, 0.15) is 0 Å².